The van der Waals surface area contributed by atoms with Crippen molar-refractivity contribution in [3.8, 4) is 11.1 Å². The van der Waals surface area contributed by atoms with Crippen molar-refractivity contribution in [3.05, 3.63) is 76.9 Å². The van der Waals surface area contributed by atoms with Crippen LogP contribution in [-0.2, 0) is 6.42 Å². The highest BCUT2D eigenvalue weighted by Crippen LogP contribution is 2.38. The van der Waals surface area contributed by atoms with Crippen LogP contribution in [0.5, 0.6) is 0 Å². The van der Waals surface area contributed by atoms with Crippen molar-refractivity contribution >= 4 is 16.8 Å². The van der Waals surface area contributed by atoms with Crippen molar-refractivity contribution in [1.82, 2.24) is 0 Å². The van der Waals surface area contributed by atoms with E-state index >= 15 is 0 Å². The number of hydrogen-bond donors (Lipinski definition) is 0. The zero-order valence-electron chi connectivity index (χ0n) is 13.2. The van der Waals surface area contributed by atoms with Crippen LogP contribution in [0.15, 0.2) is 60.2 Å². The van der Waals surface area contributed by atoms with E-state index in [9.17, 15) is 0 Å². The number of benzene rings is 3. The first-order chi connectivity index (χ1) is 10.8. The third-order valence-corrected chi connectivity index (χ3v) is 4.73. The average molecular weight is 284 g/mol. The molecule has 0 heterocycles. The molecule has 0 spiro atoms. The second kappa shape index (κ2) is 5.14. The molecule has 0 bridgehead atoms. The molecule has 22 heavy (non-hydrogen) atoms. The lowest BCUT2D eigenvalue weighted by atomic mass is 9.91. The monoisotopic (exact) mass is 284 g/mol. The lowest BCUT2D eigenvalue weighted by molar-refractivity contribution is 1.04. The predicted octanol–water partition coefficient (Wildman–Crippen LogP) is 6.16. The second-order valence-corrected chi connectivity index (χ2v) is 6.24. The highest BCUT2D eigenvalue weighted by atomic mass is 14.2. The molecule has 0 amide bonds. The minimum Gasteiger partial charge on any atom is -0.0655 e. The smallest absolute Gasteiger partial charge is 0.00518 e. The maximum atomic E-state index is 2.39. The molecule has 0 saturated carbocycles. The molecule has 3 aromatic carbocycles. The fourth-order valence-corrected chi connectivity index (χ4v) is 3.60. The number of fused-ring (bicyclic) bond motifs is 2. The Bertz CT molecular complexity index is 892. The standard InChI is InChI=1S/C22H20/c1-3-16-13-18-11-15(2)12-22(21(18)14-16)20-10-6-8-17-7-4-5-9-19(17)20/h4-13H,3,14H2,1-2H3. The van der Waals surface area contributed by atoms with Gasteiger partial charge in [0.1, 0.15) is 0 Å². The molecule has 0 aromatic heterocycles. The van der Waals surface area contributed by atoms with Gasteiger partial charge in [0.15, 0.2) is 0 Å². The van der Waals surface area contributed by atoms with Crippen LogP contribution in [0.25, 0.3) is 28.0 Å². The van der Waals surface area contributed by atoms with Gasteiger partial charge in [-0.3, -0.25) is 0 Å². The van der Waals surface area contributed by atoms with Crippen LogP contribution in [0.3, 0.4) is 0 Å². The van der Waals surface area contributed by atoms with E-state index in [0.717, 1.165) is 12.8 Å². The molecule has 0 N–H and O–H groups in total. The number of allylic oxidation sites excluding steroid dienone is 1. The van der Waals surface area contributed by atoms with Crippen molar-refractivity contribution in [2.75, 3.05) is 0 Å². The Balaban J connectivity index is 1.99. The van der Waals surface area contributed by atoms with Crippen LogP contribution in [0.1, 0.15) is 30.0 Å². The minimum atomic E-state index is 1.10. The molecule has 0 atom stereocenters. The van der Waals surface area contributed by atoms with Gasteiger partial charge in [0.2, 0.25) is 0 Å². The summed E-state index contributed by atoms with van der Waals surface area (Å²) in [6.45, 7) is 4.45. The Kier molecular flexibility index (Phi) is 3.11. The molecular formula is C22H20. The van der Waals surface area contributed by atoms with Crippen molar-refractivity contribution < 1.29 is 0 Å². The van der Waals surface area contributed by atoms with E-state index in [0.29, 0.717) is 0 Å². The van der Waals surface area contributed by atoms with Crippen LogP contribution in [0.4, 0.5) is 0 Å². The van der Waals surface area contributed by atoms with E-state index in [4.69, 9.17) is 0 Å². The van der Waals surface area contributed by atoms with Crippen molar-refractivity contribution in [1.29, 1.82) is 0 Å². The van der Waals surface area contributed by atoms with Gasteiger partial charge in [-0.25, -0.2) is 0 Å². The molecule has 3 aromatic rings. The number of aryl methyl sites for hydroxylation is 1. The normalized spacial score (nSPS) is 13.3. The Hall–Kier alpha value is -2.34. The van der Waals surface area contributed by atoms with Gasteiger partial charge in [-0.1, -0.05) is 73.2 Å². The van der Waals surface area contributed by atoms with E-state index in [-0.39, 0.29) is 0 Å². The summed E-state index contributed by atoms with van der Waals surface area (Å²) in [5, 5.41) is 2.67. The van der Waals surface area contributed by atoms with Gasteiger partial charge in [-0.2, -0.15) is 0 Å². The molecular weight excluding hydrogens is 264 g/mol. The average Bonchev–Trinajstić information content (AvgIpc) is 2.96. The number of hydrogen-bond acceptors (Lipinski definition) is 0. The van der Waals surface area contributed by atoms with E-state index in [1.165, 1.54) is 38.6 Å². The predicted molar refractivity (Wildman–Crippen MR) is 96.1 cm³/mol. The quantitative estimate of drug-likeness (QED) is 0.528. The molecule has 0 aliphatic heterocycles. The Morgan fingerprint density at radius 1 is 0.909 bits per heavy atom. The number of rotatable bonds is 2. The molecule has 0 saturated heterocycles. The van der Waals surface area contributed by atoms with Crippen molar-refractivity contribution in [2.45, 2.75) is 26.7 Å². The van der Waals surface area contributed by atoms with Crippen LogP contribution in [0, 0.1) is 6.92 Å². The molecule has 0 fully saturated rings. The molecule has 0 unspecified atom stereocenters. The van der Waals surface area contributed by atoms with Gasteiger partial charge < -0.3 is 0 Å². The summed E-state index contributed by atoms with van der Waals surface area (Å²) >= 11 is 0. The second-order valence-electron chi connectivity index (χ2n) is 6.24. The molecule has 1 aliphatic rings. The summed E-state index contributed by atoms with van der Waals surface area (Å²) in [5.74, 6) is 0. The first-order valence-corrected chi connectivity index (χ1v) is 8.07. The van der Waals surface area contributed by atoms with Crippen LogP contribution in [0.2, 0.25) is 0 Å². The van der Waals surface area contributed by atoms with Gasteiger partial charge >= 0.3 is 0 Å². The van der Waals surface area contributed by atoms with Crippen molar-refractivity contribution in [3.63, 3.8) is 0 Å². The summed E-state index contributed by atoms with van der Waals surface area (Å²) in [6.07, 6.45) is 4.63. The first-order valence-electron chi connectivity index (χ1n) is 8.07. The Labute approximate surface area is 132 Å². The highest BCUT2D eigenvalue weighted by molar-refractivity contribution is 5.98. The largest absolute Gasteiger partial charge is 0.0655 e. The van der Waals surface area contributed by atoms with Gasteiger partial charge in [-0.15, -0.1) is 0 Å². The van der Waals surface area contributed by atoms with E-state index < -0.39 is 0 Å². The summed E-state index contributed by atoms with van der Waals surface area (Å²) < 4.78 is 0. The zero-order chi connectivity index (χ0) is 15.1. The molecule has 0 heteroatoms. The van der Waals surface area contributed by atoms with Crippen LogP contribution in [-0.4, -0.2) is 0 Å². The lowest BCUT2D eigenvalue weighted by Crippen LogP contribution is -1.93. The first kappa shape index (κ1) is 13.3. The fourth-order valence-electron chi connectivity index (χ4n) is 3.60. The maximum Gasteiger partial charge on any atom is -0.00518 e. The van der Waals surface area contributed by atoms with Gasteiger partial charge in [0, 0.05) is 0 Å². The maximum absolute atomic E-state index is 2.39. The Morgan fingerprint density at radius 3 is 2.59 bits per heavy atom. The molecule has 1 aliphatic carbocycles. The highest BCUT2D eigenvalue weighted by Gasteiger charge is 2.18. The third-order valence-electron chi connectivity index (χ3n) is 4.73. The van der Waals surface area contributed by atoms with E-state index in [1.807, 2.05) is 0 Å². The van der Waals surface area contributed by atoms with E-state index in [2.05, 4.69) is 74.5 Å². The van der Waals surface area contributed by atoms with Crippen molar-refractivity contribution in [2.24, 2.45) is 0 Å². The Morgan fingerprint density at radius 2 is 1.73 bits per heavy atom. The molecule has 108 valence electrons. The van der Waals surface area contributed by atoms with Crippen LogP contribution < -0.4 is 0 Å². The molecule has 0 nitrogen and oxygen atoms in total. The van der Waals surface area contributed by atoms with E-state index in [1.54, 1.807) is 5.57 Å². The summed E-state index contributed by atoms with van der Waals surface area (Å²) in [4.78, 5) is 0. The van der Waals surface area contributed by atoms with Gasteiger partial charge in [0.05, 0.1) is 0 Å². The molecule has 4 rings (SSSR count). The summed E-state index contributed by atoms with van der Waals surface area (Å²) in [6, 6.07) is 20.0. The summed E-state index contributed by atoms with van der Waals surface area (Å²) in [7, 11) is 0. The SMILES string of the molecule is CCC1=Cc2cc(C)cc(-c3cccc4ccccc34)c2C1. The minimum absolute atomic E-state index is 1.10. The topological polar surface area (TPSA) is 0 Å². The fraction of sp³-hybridized carbons (Fsp3) is 0.182. The lowest BCUT2D eigenvalue weighted by Gasteiger charge is -2.13. The van der Waals surface area contributed by atoms with Crippen LogP contribution >= 0.6 is 0 Å². The summed E-state index contributed by atoms with van der Waals surface area (Å²) in [5.41, 5.74) is 8.58. The van der Waals surface area contributed by atoms with Gasteiger partial charge in [0.25, 0.3) is 0 Å². The van der Waals surface area contributed by atoms with Gasteiger partial charge in [-0.05, 0) is 58.4 Å². The zero-order valence-corrected chi connectivity index (χ0v) is 13.2. The third kappa shape index (κ3) is 2.07. The molecule has 0 radical (unpaired) electrons.